The van der Waals surface area contributed by atoms with Crippen molar-refractivity contribution in [3.05, 3.63) is 52.4 Å². The molecular weight excluding hydrogens is 286 g/mol. The Labute approximate surface area is 106 Å². The summed E-state index contributed by atoms with van der Waals surface area (Å²) >= 11 is 3.23. The van der Waals surface area contributed by atoms with Crippen molar-refractivity contribution in [1.82, 2.24) is 0 Å². The minimum absolute atomic E-state index is 0.232. The number of hydrogen-bond donors (Lipinski definition) is 2. The number of rotatable bonds is 4. The maximum atomic E-state index is 11.1. The van der Waals surface area contributed by atoms with Crippen LogP contribution in [0.25, 0.3) is 0 Å². The van der Waals surface area contributed by atoms with Gasteiger partial charge in [-0.05, 0) is 34.1 Å². The second-order valence-electron chi connectivity index (χ2n) is 3.45. The van der Waals surface area contributed by atoms with Crippen LogP contribution in [0.4, 0.5) is 5.69 Å². The molecule has 5 heteroatoms. The normalized spacial score (nSPS) is 10.2. The van der Waals surface area contributed by atoms with E-state index in [1.165, 1.54) is 0 Å². The van der Waals surface area contributed by atoms with Gasteiger partial charge in [0.15, 0.2) is 0 Å². The zero-order valence-corrected chi connectivity index (χ0v) is 10.4. The van der Waals surface area contributed by atoms with Crippen LogP contribution in [-0.4, -0.2) is 11.1 Å². The average Bonchev–Trinajstić information content (AvgIpc) is 2.78. The van der Waals surface area contributed by atoms with Crippen LogP contribution >= 0.6 is 15.9 Å². The van der Waals surface area contributed by atoms with Gasteiger partial charge in [0.1, 0.15) is 0 Å². The molecule has 2 rings (SSSR count). The number of carboxylic acids is 1. The van der Waals surface area contributed by atoms with Crippen LogP contribution in [0.15, 0.2) is 45.7 Å². The van der Waals surface area contributed by atoms with E-state index in [1.54, 1.807) is 30.7 Å². The summed E-state index contributed by atoms with van der Waals surface area (Å²) in [4.78, 5) is 11.1. The van der Waals surface area contributed by atoms with Crippen molar-refractivity contribution >= 4 is 27.6 Å². The molecule has 0 bridgehead atoms. The maximum absolute atomic E-state index is 11.1. The molecule has 0 aliphatic rings. The number of hydrogen-bond acceptors (Lipinski definition) is 3. The van der Waals surface area contributed by atoms with Gasteiger partial charge in [-0.2, -0.15) is 0 Å². The highest BCUT2D eigenvalue weighted by molar-refractivity contribution is 9.10. The first-order chi connectivity index (χ1) is 8.18. The van der Waals surface area contributed by atoms with Crippen LogP contribution in [0.3, 0.4) is 0 Å². The lowest BCUT2D eigenvalue weighted by molar-refractivity contribution is 0.0697. The van der Waals surface area contributed by atoms with Crippen molar-refractivity contribution < 1.29 is 14.3 Å². The molecule has 17 heavy (non-hydrogen) atoms. The van der Waals surface area contributed by atoms with Crippen LogP contribution in [0, 0.1) is 0 Å². The second kappa shape index (κ2) is 5.05. The molecule has 2 N–H and O–H groups in total. The Morgan fingerprint density at radius 3 is 2.88 bits per heavy atom. The van der Waals surface area contributed by atoms with Crippen LogP contribution < -0.4 is 5.32 Å². The van der Waals surface area contributed by atoms with Gasteiger partial charge in [0.05, 0.1) is 23.8 Å². The molecule has 1 heterocycles. The first kappa shape index (κ1) is 11.7. The van der Waals surface area contributed by atoms with E-state index in [2.05, 4.69) is 21.2 Å². The molecule has 0 spiro atoms. The van der Waals surface area contributed by atoms with E-state index >= 15 is 0 Å². The van der Waals surface area contributed by atoms with E-state index in [0.29, 0.717) is 16.7 Å². The summed E-state index contributed by atoms with van der Waals surface area (Å²) in [6.07, 6.45) is 3.20. The highest BCUT2D eigenvalue weighted by Crippen LogP contribution is 2.25. The molecule has 0 unspecified atom stereocenters. The van der Waals surface area contributed by atoms with Gasteiger partial charge < -0.3 is 14.8 Å². The Morgan fingerprint density at radius 1 is 1.41 bits per heavy atom. The number of carboxylic acid groups (broad SMARTS) is 1. The van der Waals surface area contributed by atoms with Gasteiger partial charge in [0.2, 0.25) is 0 Å². The van der Waals surface area contributed by atoms with Crippen LogP contribution in [-0.2, 0) is 6.54 Å². The Kier molecular flexibility index (Phi) is 3.49. The fourth-order valence-electron chi connectivity index (χ4n) is 1.48. The number of anilines is 1. The fraction of sp³-hybridized carbons (Fsp3) is 0.0833. The van der Waals surface area contributed by atoms with Crippen molar-refractivity contribution in [2.75, 3.05) is 5.32 Å². The van der Waals surface area contributed by atoms with Crippen LogP contribution in [0.5, 0.6) is 0 Å². The Bertz CT molecular complexity index is 523. The van der Waals surface area contributed by atoms with Gasteiger partial charge >= 0.3 is 5.97 Å². The molecule has 88 valence electrons. The summed E-state index contributed by atoms with van der Waals surface area (Å²) in [6, 6.07) is 7.04. The predicted octanol–water partition coefficient (Wildman–Crippen LogP) is 3.35. The van der Waals surface area contributed by atoms with Gasteiger partial charge in [-0.15, -0.1) is 0 Å². The van der Waals surface area contributed by atoms with Gasteiger partial charge in [0.25, 0.3) is 0 Å². The smallest absolute Gasteiger partial charge is 0.338 e. The highest BCUT2D eigenvalue weighted by atomic mass is 79.9. The van der Waals surface area contributed by atoms with Crippen molar-refractivity contribution in [2.24, 2.45) is 0 Å². The molecule has 0 radical (unpaired) electrons. The molecule has 1 aromatic carbocycles. The lowest BCUT2D eigenvalue weighted by Crippen LogP contribution is -2.06. The van der Waals surface area contributed by atoms with Gasteiger partial charge in [-0.1, -0.05) is 6.07 Å². The number of carbonyl (C=O) groups is 1. The van der Waals surface area contributed by atoms with E-state index in [4.69, 9.17) is 9.52 Å². The van der Waals surface area contributed by atoms with Crippen molar-refractivity contribution in [3.63, 3.8) is 0 Å². The van der Waals surface area contributed by atoms with Crippen molar-refractivity contribution in [1.29, 1.82) is 0 Å². The molecule has 0 atom stereocenters. The molecule has 0 amide bonds. The standard InChI is InChI=1S/C12H10BrNO3/c13-9-2-1-3-10(11(9)12(15)16)14-6-8-4-5-17-7-8/h1-5,7,14H,6H2,(H,15,16). The molecule has 0 saturated carbocycles. The van der Waals surface area contributed by atoms with Crippen molar-refractivity contribution in [2.45, 2.75) is 6.54 Å². The Hall–Kier alpha value is -1.75. The number of benzene rings is 1. The lowest BCUT2D eigenvalue weighted by Gasteiger charge is -2.09. The molecule has 0 saturated heterocycles. The Morgan fingerprint density at radius 2 is 2.24 bits per heavy atom. The largest absolute Gasteiger partial charge is 0.478 e. The highest BCUT2D eigenvalue weighted by Gasteiger charge is 2.13. The molecule has 0 aliphatic heterocycles. The monoisotopic (exact) mass is 295 g/mol. The number of aromatic carboxylic acids is 1. The summed E-state index contributed by atoms with van der Waals surface area (Å²) in [5.74, 6) is -0.966. The second-order valence-corrected chi connectivity index (χ2v) is 4.31. The summed E-state index contributed by atoms with van der Waals surface area (Å²) in [7, 11) is 0. The van der Waals surface area contributed by atoms with E-state index in [1.807, 2.05) is 6.07 Å². The first-order valence-corrected chi connectivity index (χ1v) is 5.74. The van der Waals surface area contributed by atoms with Crippen LogP contribution in [0.2, 0.25) is 0 Å². The molecular formula is C12H10BrNO3. The molecule has 2 aromatic rings. The maximum Gasteiger partial charge on any atom is 0.338 e. The number of furan rings is 1. The van der Waals surface area contributed by atoms with E-state index in [-0.39, 0.29) is 5.56 Å². The third-order valence-electron chi connectivity index (χ3n) is 2.29. The minimum atomic E-state index is -0.966. The summed E-state index contributed by atoms with van der Waals surface area (Å²) in [6.45, 7) is 0.521. The third kappa shape index (κ3) is 2.68. The molecule has 4 nitrogen and oxygen atoms in total. The number of halogens is 1. The molecule has 1 aromatic heterocycles. The van der Waals surface area contributed by atoms with E-state index in [0.717, 1.165) is 5.56 Å². The zero-order valence-electron chi connectivity index (χ0n) is 8.81. The van der Waals surface area contributed by atoms with Crippen LogP contribution in [0.1, 0.15) is 15.9 Å². The molecule has 0 aliphatic carbocycles. The number of nitrogens with one attached hydrogen (secondary N) is 1. The zero-order chi connectivity index (χ0) is 12.3. The van der Waals surface area contributed by atoms with Gasteiger partial charge in [-0.3, -0.25) is 0 Å². The SMILES string of the molecule is O=C(O)c1c(Br)cccc1NCc1ccoc1. The first-order valence-electron chi connectivity index (χ1n) is 4.95. The third-order valence-corrected chi connectivity index (χ3v) is 2.95. The Balaban J connectivity index is 2.21. The quantitative estimate of drug-likeness (QED) is 0.908. The minimum Gasteiger partial charge on any atom is -0.478 e. The lowest BCUT2D eigenvalue weighted by atomic mass is 10.1. The topological polar surface area (TPSA) is 62.5 Å². The van der Waals surface area contributed by atoms with E-state index in [9.17, 15) is 4.79 Å². The summed E-state index contributed by atoms with van der Waals surface area (Å²) in [5, 5.41) is 12.2. The van der Waals surface area contributed by atoms with Crippen molar-refractivity contribution in [3.8, 4) is 0 Å². The average molecular weight is 296 g/mol. The van der Waals surface area contributed by atoms with Gasteiger partial charge in [-0.25, -0.2) is 4.79 Å². The molecule has 0 fully saturated rings. The predicted molar refractivity (Wildman–Crippen MR) is 67.1 cm³/mol. The fourth-order valence-corrected chi connectivity index (χ4v) is 2.02. The summed E-state index contributed by atoms with van der Waals surface area (Å²) in [5.41, 5.74) is 1.77. The summed E-state index contributed by atoms with van der Waals surface area (Å²) < 4.78 is 5.50. The van der Waals surface area contributed by atoms with Gasteiger partial charge in [0, 0.05) is 16.6 Å². The van der Waals surface area contributed by atoms with E-state index < -0.39 is 5.97 Å².